The van der Waals surface area contributed by atoms with Gasteiger partial charge in [-0.3, -0.25) is 9.59 Å². The van der Waals surface area contributed by atoms with Gasteiger partial charge < -0.3 is 25.2 Å². The number of benzene rings is 2. The summed E-state index contributed by atoms with van der Waals surface area (Å²) < 4.78 is 35.6. The van der Waals surface area contributed by atoms with Crippen molar-refractivity contribution in [2.45, 2.75) is 63.5 Å². The number of nitrogens with one attached hydrogen (secondary N) is 2. The minimum absolute atomic E-state index is 0.0479. The molecule has 2 heterocycles. The number of ether oxygens (including phenoxy) is 1. The number of carbonyl (C=O) groups excluding carboxylic acids is 3. The maximum absolute atomic E-state index is 14.9. The predicted octanol–water partition coefficient (Wildman–Crippen LogP) is 4.59. The molecule has 5 fully saturated rings. The van der Waals surface area contributed by atoms with Crippen LogP contribution in [0.3, 0.4) is 0 Å². The molecule has 2 N–H and O–H groups in total. The van der Waals surface area contributed by atoms with Gasteiger partial charge in [-0.05, 0) is 56.0 Å². The molecule has 2 bridgehead atoms. The lowest BCUT2D eigenvalue weighted by molar-refractivity contribution is -0.246. The van der Waals surface area contributed by atoms with Gasteiger partial charge in [0.05, 0.1) is 17.4 Å². The Morgan fingerprint density at radius 1 is 1.12 bits per heavy atom. The van der Waals surface area contributed by atoms with Gasteiger partial charge in [0.15, 0.2) is 0 Å². The third kappa shape index (κ3) is 4.63. The van der Waals surface area contributed by atoms with Crippen LogP contribution in [-0.4, -0.2) is 49.7 Å². The number of allylic oxidation sites excluding steroid dienone is 1. The van der Waals surface area contributed by atoms with E-state index in [1.807, 2.05) is 32.0 Å². The molecule has 0 radical (unpaired) electrons. The Bertz CT molecular complexity index is 1440. The van der Waals surface area contributed by atoms with E-state index in [4.69, 9.17) is 4.74 Å². The molecule has 1 unspecified atom stereocenters. The number of rotatable bonds is 6. The Hall–Kier alpha value is -3.95. The molecule has 216 valence electrons. The van der Waals surface area contributed by atoms with E-state index in [2.05, 4.69) is 17.2 Å². The lowest BCUT2D eigenvalue weighted by atomic mass is 9.40. The van der Waals surface area contributed by atoms with Crippen LogP contribution in [0.4, 0.5) is 25.0 Å². The molecule has 2 saturated heterocycles. The van der Waals surface area contributed by atoms with Gasteiger partial charge in [-0.1, -0.05) is 18.7 Å². The molecule has 8 nitrogen and oxygen atoms in total. The predicted molar refractivity (Wildman–Crippen MR) is 150 cm³/mol. The van der Waals surface area contributed by atoms with Crippen molar-refractivity contribution in [2.75, 3.05) is 29.9 Å². The van der Waals surface area contributed by atoms with Crippen LogP contribution in [0.1, 0.15) is 54.7 Å². The van der Waals surface area contributed by atoms with Gasteiger partial charge in [0.1, 0.15) is 17.2 Å². The van der Waals surface area contributed by atoms with Gasteiger partial charge in [-0.15, -0.1) is 0 Å². The number of alkyl carbamates (subject to hydrolysis) is 1. The maximum atomic E-state index is 14.9. The monoisotopic (exact) mass is 564 g/mol. The average Bonchev–Trinajstić information content (AvgIpc) is 2.84. The quantitative estimate of drug-likeness (QED) is 0.536. The van der Waals surface area contributed by atoms with E-state index in [1.165, 1.54) is 12.1 Å². The average molecular weight is 565 g/mol. The molecule has 2 aromatic carbocycles. The minimum atomic E-state index is -0.895. The zero-order valence-corrected chi connectivity index (χ0v) is 23.5. The summed E-state index contributed by atoms with van der Waals surface area (Å²) in [5.41, 5.74) is 2.59. The molecule has 41 heavy (non-hydrogen) atoms. The standard InChI is InChI=1S/C31H34F2N4O4/c1-17-5-6-18(2)25(9-17)36(4)28(39)30-14-31(15-30,16-30)41-29(40)35-20-12-37(13-20)21-10-23(32)26(24(33)11-21)22-8-7-19(3)34-27(22)38/h5-6,9-11,20,22H,3,7-8,12-16H2,1-2,4H3,(H,34,38)(H,35,40). The minimum Gasteiger partial charge on any atom is -0.443 e. The number of halogens is 2. The SMILES string of the molecule is C=C1CCC(c2c(F)cc(N3CC(NC(=O)OC45CC(C(=O)N(C)c6cc(C)ccc6C)(C4)C5)C3)cc2F)C(=O)N1. The van der Waals surface area contributed by atoms with Crippen LogP contribution in [0.25, 0.3) is 0 Å². The van der Waals surface area contributed by atoms with Crippen molar-refractivity contribution in [3.05, 3.63) is 70.9 Å². The Kier molecular flexibility index (Phi) is 6.35. The number of anilines is 2. The summed E-state index contributed by atoms with van der Waals surface area (Å²) in [7, 11) is 1.79. The molecule has 0 aromatic heterocycles. The van der Waals surface area contributed by atoms with Crippen LogP contribution in [0.15, 0.2) is 42.6 Å². The molecule has 3 amide bonds. The van der Waals surface area contributed by atoms with Crippen molar-refractivity contribution in [3.63, 3.8) is 0 Å². The van der Waals surface area contributed by atoms with Crippen LogP contribution in [0, 0.1) is 30.9 Å². The number of aryl methyl sites for hydroxylation is 2. The van der Waals surface area contributed by atoms with Gasteiger partial charge >= 0.3 is 6.09 Å². The lowest BCUT2D eigenvalue weighted by Crippen LogP contribution is -2.74. The molecular formula is C31H34F2N4O4. The highest BCUT2D eigenvalue weighted by Crippen LogP contribution is 2.69. The summed E-state index contributed by atoms with van der Waals surface area (Å²) in [5.74, 6) is -2.83. The molecule has 0 spiro atoms. The first-order valence-corrected chi connectivity index (χ1v) is 14.0. The van der Waals surface area contributed by atoms with Gasteiger partial charge in [0.25, 0.3) is 0 Å². The van der Waals surface area contributed by atoms with Crippen molar-refractivity contribution in [2.24, 2.45) is 5.41 Å². The van der Waals surface area contributed by atoms with E-state index in [-0.39, 0.29) is 17.5 Å². The highest BCUT2D eigenvalue weighted by molar-refractivity contribution is 6.00. The summed E-state index contributed by atoms with van der Waals surface area (Å²) >= 11 is 0. The van der Waals surface area contributed by atoms with Crippen LogP contribution in [-0.2, 0) is 14.3 Å². The Morgan fingerprint density at radius 2 is 1.78 bits per heavy atom. The largest absolute Gasteiger partial charge is 0.443 e. The zero-order valence-electron chi connectivity index (χ0n) is 23.5. The van der Waals surface area contributed by atoms with E-state index in [0.29, 0.717) is 56.6 Å². The van der Waals surface area contributed by atoms with Crippen molar-refractivity contribution in [3.8, 4) is 0 Å². The van der Waals surface area contributed by atoms with Gasteiger partial charge in [0, 0.05) is 62.0 Å². The normalized spacial score (nSPS) is 26.8. The highest BCUT2D eigenvalue weighted by Gasteiger charge is 2.75. The molecule has 2 aliphatic heterocycles. The first kappa shape index (κ1) is 27.2. The van der Waals surface area contributed by atoms with E-state index in [1.54, 1.807) is 16.8 Å². The Labute approximate surface area is 237 Å². The highest BCUT2D eigenvalue weighted by atomic mass is 19.1. The Morgan fingerprint density at radius 3 is 2.41 bits per heavy atom. The zero-order chi connectivity index (χ0) is 29.3. The number of nitrogens with zero attached hydrogens (tertiary/aromatic N) is 2. The van der Waals surface area contributed by atoms with E-state index in [9.17, 15) is 23.2 Å². The number of carbonyl (C=O) groups is 3. The Balaban J connectivity index is 0.989. The first-order chi connectivity index (χ1) is 19.4. The maximum Gasteiger partial charge on any atom is 0.408 e. The third-order valence-corrected chi connectivity index (χ3v) is 9.11. The van der Waals surface area contributed by atoms with Gasteiger partial charge in [-0.25, -0.2) is 13.6 Å². The molecule has 3 aliphatic carbocycles. The summed E-state index contributed by atoms with van der Waals surface area (Å²) in [5, 5.41) is 5.39. The summed E-state index contributed by atoms with van der Waals surface area (Å²) in [4.78, 5) is 41.6. The lowest BCUT2D eigenvalue weighted by Gasteiger charge is -2.67. The van der Waals surface area contributed by atoms with Gasteiger partial charge in [-0.2, -0.15) is 0 Å². The molecule has 5 aliphatic rings. The molecule has 3 saturated carbocycles. The summed E-state index contributed by atoms with van der Waals surface area (Å²) in [6.07, 6.45) is 1.75. The number of piperidine rings is 1. The molecule has 1 atom stereocenters. The van der Waals surface area contributed by atoms with E-state index >= 15 is 0 Å². The van der Waals surface area contributed by atoms with Gasteiger partial charge in [0.2, 0.25) is 11.8 Å². The second-order valence-electron chi connectivity index (χ2n) is 12.3. The van der Waals surface area contributed by atoms with Crippen LogP contribution in [0.2, 0.25) is 0 Å². The smallest absolute Gasteiger partial charge is 0.408 e. The van der Waals surface area contributed by atoms with Crippen molar-refractivity contribution >= 4 is 29.3 Å². The molecule has 7 rings (SSSR count). The van der Waals surface area contributed by atoms with Crippen LogP contribution in [0.5, 0.6) is 0 Å². The van der Waals surface area contributed by atoms with Crippen LogP contribution < -0.4 is 20.4 Å². The second kappa shape index (κ2) is 9.56. The number of hydrogen-bond donors (Lipinski definition) is 2. The third-order valence-electron chi connectivity index (χ3n) is 9.11. The summed E-state index contributed by atoms with van der Waals surface area (Å²) in [6.45, 7) is 8.41. The fourth-order valence-corrected chi connectivity index (χ4v) is 6.88. The molecular weight excluding hydrogens is 530 g/mol. The van der Waals surface area contributed by atoms with E-state index in [0.717, 1.165) is 16.8 Å². The fourth-order valence-electron chi connectivity index (χ4n) is 6.88. The van der Waals surface area contributed by atoms with E-state index < -0.39 is 40.6 Å². The summed E-state index contributed by atoms with van der Waals surface area (Å²) in [6, 6.07) is 8.26. The van der Waals surface area contributed by atoms with Crippen molar-refractivity contribution < 1.29 is 27.9 Å². The first-order valence-electron chi connectivity index (χ1n) is 14.0. The molecule has 10 heteroatoms. The topological polar surface area (TPSA) is 91.0 Å². The molecule has 2 aromatic rings. The van der Waals surface area contributed by atoms with Crippen molar-refractivity contribution in [1.29, 1.82) is 0 Å². The number of amides is 3. The van der Waals surface area contributed by atoms with Crippen molar-refractivity contribution in [1.82, 2.24) is 10.6 Å². The van der Waals surface area contributed by atoms with Crippen LogP contribution >= 0.6 is 0 Å². The second-order valence-corrected chi connectivity index (χ2v) is 12.3. The fraction of sp³-hybridized carbons (Fsp3) is 0.452. The number of hydrogen-bond acceptors (Lipinski definition) is 5.